The van der Waals surface area contributed by atoms with Crippen LogP contribution in [0.3, 0.4) is 0 Å². The van der Waals surface area contributed by atoms with Crippen LogP contribution in [-0.4, -0.2) is 12.4 Å². The van der Waals surface area contributed by atoms with Gasteiger partial charge in [0.1, 0.15) is 6.34 Å². The number of hydrogen-bond acceptors (Lipinski definition) is 2. The van der Waals surface area contributed by atoms with Gasteiger partial charge < -0.3 is 11.2 Å². The van der Waals surface area contributed by atoms with Gasteiger partial charge in [-0.1, -0.05) is 6.92 Å². The van der Waals surface area contributed by atoms with E-state index in [2.05, 4.69) is 24.3 Å². The molecule has 0 fully saturated rings. The van der Waals surface area contributed by atoms with Gasteiger partial charge in [-0.2, -0.15) is 5.10 Å². The van der Waals surface area contributed by atoms with Crippen LogP contribution in [0.15, 0.2) is 5.10 Å². The Kier molecular flexibility index (Phi) is 4.03. The largest absolute Gasteiger partial charge is 0.372 e. The Balaban J connectivity index is 3.10. The zero-order chi connectivity index (χ0) is 6.41. The third kappa shape index (κ3) is 3.46. The summed E-state index contributed by atoms with van der Waals surface area (Å²) in [6.07, 6.45) is 2.60. The molecule has 0 aromatic rings. The Labute approximate surface area is 50.0 Å². The highest BCUT2D eigenvalue weighted by atomic mass is 15.2. The molecule has 0 amide bonds. The quantitative estimate of drug-likeness (QED) is 0.240. The van der Waals surface area contributed by atoms with Crippen molar-refractivity contribution in [2.75, 3.05) is 0 Å². The Morgan fingerprint density at radius 2 is 2.50 bits per heavy atom. The minimum atomic E-state index is 0.474. The zero-order valence-electron chi connectivity index (χ0n) is 5.39. The monoisotopic (exact) mass is 115 g/mol. The molecule has 3 heteroatoms. The van der Waals surface area contributed by atoms with Gasteiger partial charge in [0, 0.05) is 6.04 Å². The van der Waals surface area contributed by atoms with E-state index in [4.69, 9.17) is 5.84 Å². The average molecular weight is 115 g/mol. The topological polar surface area (TPSA) is 50.4 Å². The Morgan fingerprint density at radius 3 is 2.88 bits per heavy atom. The van der Waals surface area contributed by atoms with Gasteiger partial charge in [0.15, 0.2) is 0 Å². The van der Waals surface area contributed by atoms with E-state index < -0.39 is 0 Å². The average Bonchev–Trinajstić information content (AvgIpc) is 1.83. The van der Waals surface area contributed by atoms with Gasteiger partial charge in [0.2, 0.25) is 0 Å². The Morgan fingerprint density at radius 1 is 1.88 bits per heavy atom. The van der Waals surface area contributed by atoms with Gasteiger partial charge in [0.05, 0.1) is 0 Å². The molecule has 0 radical (unpaired) electrons. The number of hydrazone groups is 1. The van der Waals surface area contributed by atoms with Crippen LogP contribution >= 0.6 is 0 Å². The van der Waals surface area contributed by atoms with E-state index in [0.717, 1.165) is 6.42 Å². The summed E-state index contributed by atoms with van der Waals surface area (Å²) < 4.78 is 0. The summed E-state index contributed by atoms with van der Waals surface area (Å²) in [6, 6.07) is 0.474. The first-order chi connectivity index (χ1) is 3.81. The van der Waals surface area contributed by atoms with Crippen LogP contribution in [0.2, 0.25) is 0 Å². The number of nitrogens with two attached hydrogens (primary N) is 1. The van der Waals surface area contributed by atoms with Gasteiger partial charge in [-0.3, -0.25) is 0 Å². The summed E-state index contributed by atoms with van der Waals surface area (Å²) in [6.45, 7) is 4.17. The van der Waals surface area contributed by atoms with E-state index >= 15 is 0 Å². The smallest absolute Gasteiger partial charge is 0.108 e. The number of hydrogen-bond donors (Lipinski definition) is 2. The first-order valence-corrected chi connectivity index (χ1v) is 2.79. The van der Waals surface area contributed by atoms with Crippen molar-refractivity contribution in [2.24, 2.45) is 10.9 Å². The molecule has 3 nitrogen and oxygen atoms in total. The minimum absolute atomic E-state index is 0.474. The lowest BCUT2D eigenvalue weighted by molar-refractivity contribution is 0.648. The summed E-state index contributed by atoms with van der Waals surface area (Å²) in [4.78, 5) is 0. The van der Waals surface area contributed by atoms with Gasteiger partial charge in [0.25, 0.3) is 0 Å². The van der Waals surface area contributed by atoms with Crippen LogP contribution in [0.4, 0.5) is 0 Å². The van der Waals surface area contributed by atoms with Crippen molar-refractivity contribution in [3.63, 3.8) is 0 Å². The summed E-state index contributed by atoms with van der Waals surface area (Å²) in [7, 11) is 0. The lowest BCUT2D eigenvalue weighted by Gasteiger charge is -2.04. The molecule has 0 spiro atoms. The molecule has 8 heavy (non-hydrogen) atoms. The molecule has 0 heterocycles. The van der Waals surface area contributed by atoms with E-state index in [0.29, 0.717) is 6.04 Å². The standard InChI is InChI=1S/C5H13N3/c1-3-5(2)7-4-8-6/h4-5H,3,6H2,1-2H3,(H,7,8). The summed E-state index contributed by atoms with van der Waals surface area (Å²) in [5.74, 6) is 4.84. The molecule has 0 bridgehead atoms. The molecule has 1 atom stereocenters. The lowest BCUT2D eigenvalue weighted by atomic mass is 10.3. The van der Waals surface area contributed by atoms with Crippen molar-refractivity contribution >= 4 is 6.34 Å². The molecule has 0 saturated heterocycles. The SMILES string of the molecule is CCC(C)N/C=N\N. The van der Waals surface area contributed by atoms with Crippen LogP contribution in [0.1, 0.15) is 20.3 Å². The molecule has 0 aliphatic rings. The van der Waals surface area contributed by atoms with Crippen molar-refractivity contribution in [3.05, 3.63) is 0 Å². The van der Waals surface area contributed by atoms with Crippen molar-refractivity contribution < 1.29 is 0 Å². The fraction of sp³-hybridized carbons (Fsp3) is 0.800. The second kappa shape index (κ2) is 4.43. The van der Waals surface area contributed by atoms with Crippen LogP contribution in [0, 0.1) is 0 Å². The second-order valence-electron chi connectivity index (χ2n) is 1.75. The predicted octanol–water partition coefficient (Wildman–Crippen LogP) is 0.277. The molecular formula is C5H13N3. The summed E-state index contributed by atoms with van der Waals surface area (Å²) in [5.41, 5.74) is 0. The molecule has 0 rings (SSSR count). The molecule has 0 saturated carbocycles. The highest BCUT2D eigenvalue weighted by Gasteiger charge is 1.89. The van der Waals surface area contributed by atoms with Crippen LogP contribution in [-0.2, 0) is 0 Å². The first-order valence-electron chi connectivity index (χ1n) is 2.79. The molecular weight excluding hydrogens is 102 g/mol. The molecule has 0 aromatic carbocycles. The highest BCUT2D eigenvalue weighted by molar-refractivity contribution is 5.53. The van der Waals surface area contributed by atoms with E-state index in [1.807, 2.05) is 0 Å². The molecule has 3 N–H and O–H groups in total. The van der Waals surface area contributed by atoms with Gasteiger partial charge in [-0.05, 0) is 13.3 Å². The Hall–Kier alpha value is -0.730. The number of rotatable bonds is 3. The fourth-order valence-corrected chi connectivity index (χ4v) is 0.288. The molecule has 1 unspecified atom stereocenters. The fourth-order valence-electron chi connectivity index (χ4n) is 0.288. The van der Waals surface area contributed by atoms with E-state index in [1.165, 1.54) is 6.34 Å². The summed E-state index contributed by atoms with van der Waals surface area (Å²) in [5, 5.41) is 6.25. The maximum atomic E-state index is 4.84. The molecule has 0 aliphatic carbocycles. The van der Waals surface area contributed by atoms with Gasteiger partial charge >= 0.3 is 0 Å². The summed E-state index contributed by atoms with van der Waals surface area (Å²) >= 11 is 0. The molecule has 0 aromatic heterocycles. The van der Waals surface area contributed by atoms with Gasteiger partial charge in [-0.25, -0.2) is 0 Å². The van der Waals surface area contributed by atoms with Crippen LogP contribution in [0.5, 0.6) is 0 Å². The van der Waals surface area contributed by atoms with Gasteiger partial charge in [-0.15, -0.1) is 0 Å². The lowest BCUT2D eigenvalue weighted by Crippen LogP contribution is -2.23. The predicted molar refractivity (Wildman–Crippen MR) is 35.6 cm³/mol. The van der Waals surface area contributed by atoms with Crippen molar-refractivity contribution in [1.29, 1.82) is 0 Å². The normalized spacial score (nSPS) is 14.2. The molecule has 48 valence electrons. The van der Waals surface area contributed by atoms with Crippen molar-refractivity contribution in [2.45, 2.75) is 26.3 Å². The van der Waals surface area contributed by atoms with E-state index in [9.17, 15) is 0 Å². The van der Waals surface area contributed by atoms with Crippen LogP contribution in [0.25, 0.3) is 0 Å². The van der Waals surface area contributed by atoms with E-state index in [1.54, 1.807) is 0 Å². The maximum absolute atomic E-state index is 4.84. The van der Waals surface area contributed by atoms with Crippen LogP contribution < -0.4 is 11.2 Å². The zero-order valence-corrected chi connectivity index (χ0v) is 5.39. The number of nitrogens with zero attached hydrogens (tertiary/aromatic N) is 1. The third-order valence-corrected chi connectivity index (χ3v) is 1.05. The maximum Gasteiger partial charge on any atom is 0.108 e. The second-order valence-corrected chi connectivity index (χ2v) is 1.75. The van der Waals surface area contributed by atoms with Crippen molar-refractivity contribution in [3.8, 4) is 0 Å². The first kappa shape index (κ1) is 7.27. The third-order valence-electron chi connectivity index (χ3n) is 1.05. The van der Waals surface area contributed by atoms with Crippen molar-refractivity contribution in [1.82, 2.24) is 5.32 Å². The number of nitrogens with one attached hydrogen (secondary N) is 1. The van der Waals surface area contributed by atoms with E-state index in [-0.39, 0.29) is 0 Å². The minimum Gasteiger partial charge on any atom is -0.372 e. The highest BCUT2D eigenvalue weighted by Crippen LogP contribution is 1.83. The Bertz CT molecular complexity index is 70.1. The molecule has 0 aliphatic heterocycles.